The van der Waals surface area contributed by atoms with Gasteiger partial charge >= 0.3 is 12.1 Å². The van der Waals surface area contributed by atoms with Crippen LogP contribution >= 0.6 is 0 Å². The van der Waals surface area contributed by atoms with E-state index in [-0.39, 0.29) is 6.10 Å². The summed E-state index contributed by atoms with van der Waals surface area (Å²) in [5, 5.41) is 7.12. The van der Waals surface area contributed by atoms with Crippen molar-refractivity contribution in [1.82, 2.24) is 14.9 Å². The number of alkyl halides is 3. The van der Waals surface area contributed by atoms with Crippen LogP contribution in [0.5, 0.6) is 5.88 Å². The molecule has 3 rings (SSSR count). The lowest BCUT2D eigenvalue weighted by Gasteiger charge is -2.25. The van der Waals surface area contributed by atoms with Gasteiger partial charge in [-0.3, -0.25) is 4.90 Å². The van der Waals surface area contributed by atoms with E-state index in [9.17, 15) is 13.2 Å². The van der Waals surface area contributed by atoms with Crippen LogP contribution in [0.4, 0.5) is 13.2 Å². The highest BCUT2D eigenvalue weighted by Gasteiger charge is 2.38. The van der Waals surface area contributed by atoms with E-state index < -0.39 is 12.1 Å². The highest BCUT2D eigenvalue weighted by molar-refractivity contribution is 5.73. The number of hydrogen-bond acceptors (Lipinski definition) is 6. The fourth-order valence-corrected chi connectivity index (χ4v) is 3.01. The maximum atomic E-state index is 10.6. The van der Waals surface area contributed by atoms with Gasteiger partial charge in [-0.05, 0) is 26.7 Å². The zero-order chi connectivity index (χ0) is 20.0. The Kier molecular flexibility index (Phi) is 7.37. The molecule has 0 saturated carbocycles. The van der Waals surface area contributed by atoms with E-state index in [4.69, 9.17) is 19.4 Å². The third kappa shape index (κ3) is 6.31. The van der Waals surface area contributed by atoms with Crippen LogP contribution in [-0.2, 0) is 22.4 Å². The largest absolute Gasteiger partial charge is 0.490 e. The van der Waals surface area contributed by atoms with Gasteiger partial charge in [0.25, 0.3) is 0 Å². The normalized spacial score (nSPS) is 20.4. The number of carboxylic acids is 1. The number of carbonyl (C=O) groups is 1. The maximum absolute atomic E-state index is 10.6. The minimum Gasteiger partial charge on any atom is -0.475 e. The van der Waals surface area contributed by atoms with Crippen LogP contribution in [0.15, 0.2) is 6.33 Å². The molecule has 0 aliphatic carbocycles. The summed E-state index contributed by atoms with van der Waals surface area (Å²) in [6.45, 7) is 7.94. The van der Waals surface area contributed by atoms with Crippen molar-refractivity contribution in [2.45, 2.75) is 51.4 Å². The lowest BCUT2D eigenvalue weighted by Crippen LogP contribution is -2.37. The number of hydrogen-bond donors (Lipinski definition) is 1. The SMILES string of the molecule is CC(C)Oc1ncnc2c1CCN(C1CCOC1)CC2.O=C(O)C(F)(F)F. The molecule has 0 spiro atoms. The number of fused-ring (bicyclic) bond motifs is 1. The molecule has 1 saturated heterocycles. The standard InChI is InChI=1S/C15H23N3O2.C2HF3O2/c1-11(2)20-15-13-3-6-18(12-5-8-19-9-12)7-4-14(13)16-10-17-15;3-2(4,5)1(6)7/h10-12H,3-9H2,1-2H3;(H,6,7). The van der Waals surface area contributed by atoms with E-state index in [1.165, 1.54) is 5.56 Å². The molecule has 2 aliphatic heterocycles. The molecule has 0 amide bonds. The molecular formula is C17H24F3N3O4. The predicted octanol–water partition coefficient (Wildman–Crippen LogP) is 2.09. The third-order valence-corrected chi connectivity index (χ3v) is 4.29. The molecular weight excluding hydrogens is 367 g/mol. The molecule has 27 heavy (non-hydrogen) atoms. The average Bonchev–Trinajstić information content (AvgIpc) is 3.01. The molecule has 1 aromatic heterocycles. The Morgan fingerprint density at radius 2 is 2.00 bits per heavy atom. The van der Waals surface area contributed by atoms with Crippen molar-refractivity contribution in [3.05, 3.63) is 17.6 Å². The van der Waals surface area contributed by atoms with Crippen molar-refractivity contribution in [1.29, 1.82) is 0 Å². The van der Waals surface area contributed by atoms with Crippen molar-refractivity contribution in [2.75, 3.05) is 26.3 Å². The number of aromatic nitrogens is 2. The van der Waals surface area contributed by atoms with E-state index in [0.29, 0.717) is 6.04 Å². The van der Waals surface area contributed by atoms with Gasteiger partial charge in [-0.2, -0.15) is 13.2 Å². The van der Waals surface area contributed by atoms with Crippen molar-refractivity contribution in [3.8, 4) is 5.88 Å². The first-order valence-electron chi connectivity index (χ1n) is 8.79. The lowest BCUT2D eigenvalue weighted by molar-refractivity contribution is -0.192. The first-order valence-corrected chi connectivity index (χ1v) is 8.79. The van der Waals surface area contributed by atoms with Crippen LogP contribution in [-0.4, -0.2) is 70.6 Å². The molecule has 1 fully saturated rings. The molecule has 3 heterocycles. The van der Waals surface area contributed by atoms with Crippen LogP contribution < -0.4 is 4.74 Å². The fraction of sp³-hybridized carbons (Fsp3) is 0.706. The number of halogens is 3. The highest BCUT2D eigenvalue weighted by atomic mass is 19.4. The zero-order valence-corrected chi connectivity index (χ0v) is 15.3. The second-order valence-electron chi connectivity index (χ2n) is 6.63. The van der Waals surface area contributed by atoms with Gasteiger partial charge in [-0.1, -0.05) is 0 Å². The Morgan fingerprint density at radius 1 is 1.33 bits per heavy atom. The van der Waals surface area contributed by atoms with Crippen molar-refractivity contribution >= 4 is 5.97 Å². The summed E-state index contributed by atoms with van der Waals surface area (Å²) in [6, 6.07) is 0.576. The van der Waals surface area contributed by atoms with Gasteiger partial charge in [0.05, 0.1) is 18.4 Å². The third-order valence-electron chi connectivity index (χ3n) is 4.29. The van der Waals surface area contributed by atoms with E-state index in [0.717, 1.165) is 57.1 Å². The Bertz CT molecular complexity index is 634. The summed E-state index contributed by atoms with van der Waals surface area (Å²) in [6.07, 6.45) is -0.212. The van der Waals surface area contributed by atoms with Gasteiger partial charge in [0.1, 0.15) is 6.33 Å². The summed E-state index contributed by atoms with van der Waals surface area (Å²) in [4.78, 5) is 20.2. The molecule has 0 aromatic carbocycles. The molecule has 0 radical (unpaired) electrons. The lowest BCUT2D eigenvalue weighted by atomic mass is 10.1. The molecule has 152 valence electrons. The number of ether oxygens (including phenoxy) is 2. The topological polar surface area (TPSA) is 84.8 Å². The summed E-state index contributed by atoms with van der Waals surface area (Å²) in [5.41, 5.74) is 2.35. The summed E-state index contributed by atoms with van der Waals surface area (Å²) in [7, 11) is 0. The Morgan fingerprint density at radius 3 is 2.56 bits per heavy atom. The number of nitrogens with zero attached hydrogens (tertiary/aromatic N) is 3. The fourth-order valence-electron chi connectivity index (χ4n) is 3.01. The summed E-state index contributed by atoms with van der Waals surface area (Å²) >= 11 is 0. The summed E-state index contributed by atoms with van der Waals surface area (Å²) < 4.78 is 43.1. The first-order chi connectivity index (χ1) is 12.7. The predicted molar refractivity (Wildman–Crippen MR) is 89.7 cm³/mol. The second-order valence-corrected chi connectivity index (χ2v) is 6.63. The molecule has 10 heteroatoms. The molecule has 7 nitrogen and oxygen atoms in total. The van der Waals surface area contributed by atoms with Crippen LogP contribution in [0.3, 0.4) is 0 Å². The van der Waals surface area contributed by atoms with Gasteiger partial charge in [0.15, 0.2) is 0 Å². The highest BCUT2D eigenvalue weighted by Crippen LogP contribution is 2.25. The minimum absolute atomic E-state index is 0.150. The van der Waals surface area contributed by atoms with Gasteiger partial charge in [0, 0.05) is 37.7 Å². The van der Waals surface area contributed by atoms with Crippen LogP contribution in [0.25, 0.3) is 0 Å². The van der Waals surface area contributed by atoms with Gasteiger partial charge in [-0.15, -0.1) is 0 Å². The van der Waals surface area contributed by atoms with E-state index in [2.05, 4.69) is 14.9 Å². The van der Waals surface area contributed by atoms with Gasteiger partial charge in [0.2, 0.25) is 5.88 Å². The molecule has 0 bridgehead atoms. The zero-order valence-electron chi connectivity index (χ0n) is 15.3. The van der Waals surface area contributed by atoms with E-state index in [1.54, 1.807) is 6.33 Å². The minimum atomic E-state index is -5.08. The second kappa shape index (κ2) is 9.32. The molecule has 1 aromatic rings. The monoisotopic (exact) mass is 391 g/mol. The van der Waals surface area contributed by atoms with Crippen LogP contribution in [0.1, 0.15) is 31.5 Å². The Balaban J connectivity index is 0.000000321. The van der Waals surface area contributed by atoms with Gasteiger partial charge < -0.3 is 14.6 Å². The van der Waals surface area contributed by atoms with Crippen molar-refractivity contribution < 1.29 is 32.5 Å². The number of rotatable bonds is 3. The summed E-state index contributed by atoms with van der Waals surface area (Å²) in [5.74, 6) is -1.98. The van der Waals surface area contributed by atoms with Crippen molar-refractivity contribution in [2.24, 2.45) is 0 Å². The van der Waals surface area contributed by atoms with Crippen molar-refractivity contribution in [3.63, 3.8) is 0 Å². The molecule has 1 unspecified atom stereocenters. The van der Waals surface area contributed by atoms with Gasteiger partial charge in [-0.25, -0.2) is 14.8 Å². The molecule has 1 atom stereocenters. The van der Waals surface area contributed by atoms with E-state index >= 15 is 0 Å². The van der Waals surface area contributed by atoms with Crippen LogP contribution in [0.2, 0.25) is 0 Å². The number of aliphatic carboxylic acids is 1. The molecule has 2 aliphatic rings. The maximum Gasteiger partial charge on any atom is 0.490 e. The average molecular weight is 391 g/mol. The molecule has 1 N–H and O–H groups in total. The Hall–Kier alpha value is -1.94. The van der Waals surface area contributed by atoms with Crippen LogP contribution in [0, 0.1) is 0 Å². The quantitative estimate of drug-likeness (QED) is 0.845. The Labute approximate surface area is 155 Å². The van der Waals surface area contributed by atoms with E-state index in [1.807, 2.05) is 13.8 Å². The smallest absolute Gasteiger partial charge is 0.475 e. The first kappa shape index (κ1) is 21.4. The number of carboxylic acid groups (broad SMARTS) is 1.